The molecule has 0 spiro atoms. The summed E-state index contributed by atoms with van der Waals surface area (Å²) in [6.45, 7) is 6.04. The standard InChI is InChI=1S/C19H20ClN3O/c1-4-5-15-18(23-9-8-12(2)10-17(23)21-15)19(24)22-16-11-14(20)7-6-13(16)3/h6-11H,4-5H2,1-3H3,(H,22,24). The number of pyridine rings is 1. The fourth-order valence-electron chi connectivity index (χ4n) is 2.76. The number of imidazole rings is 1. The highest BCUT2D eigenvalue weighted by Crippen LogP contribution is 2.22. The molecule has 0 aliphatic carbocycles. The van der Waals surface area contributed by atoms with Gasteiger partial charge in [0.15, 0.2) is 0 Å². The van der Waals surface area contributed by atoms with Gasteiger partial charge in [0.2, 0.25) is 0 Å². The van der Waals surface area contributed by atoms with Crippen molar-refractivity contribution in [2.75, 3.05) is 5.32 Å². The molecule has 1 aromatic carbocycles. The fourth-order valence-corrected chi connectivity index (χ4v) is 2.93. The summed E-state index contributed by atoms with van der Waals surface area (Å²) in [5, 5.41) is 3.57. The van der Waals surface area contributed by atoms with Gasteiger partial charge in [0.25, 0.3) is 5.91 Å². The Labute approximate surface area is 146 Å². The lowest BCUT2D eigenvalue weighted by molar-refractivity contribution is 0.102. The Balaban J connectivity index is 2.05. The molecular weight excluding hydrogens is 322 g/mol. The highest BCUT2D eigenvalue weighted by molar-refractivity contribution is 6.31. The third kappa shape index (κ3) is 3.15. The molecule has 0 saturated heterocycles. The lowest BCUT2D eigenvalue weighted by Crippen LogP contribution is -2.17. The molecule has 0 aliphatic rings. The highest BCUT2D eigenvalue weighted by Gasteiger charge is 2.19. The first-order valence-corrected chi connectivity index (χ1v) is 8.42. The van der Waals surface area contributed by atoms with Gasteiger partial charge in [-0.15, -0.1) is 0 Å². The number of rotatable bonds is 4. The zero-order valence-corrected chi connectivity index (χ0v) is 14.8. The van der Waals surface area contributed by atoms with E-state index in [0.29, 0.717) is 10.7 Å². The molecule has 24 heavy (non-hydrogen) atoms. The Hall–Kier alpha value is -2.33. The van der Waals surface area contributed by atoms with Crippen LogP contribution < -0.4 is 5.32 Å². The number of hydrogen-bond donors (Lipinski definition) is 1. The van der Waals surface area contributed by atoms with E-state index in [1.807, 2.05) is 48.7 Å². The molecule has 1 N–H and O–H groups in total. The lowest BCUT2D eigenvalue weighted by atomic mass is 10.1. The summed E-state index contributed by atoms with van der Waals surface area (Å²) in [6, 6.07) is 9.43. The predicted octanol–water partition coefficient (Wildman–Crippen LogP) is 4.81. The van der Waals surface area contributed by atoms with E-state index in [-0.39, 0.29) is 5.91 Å². The van der Waals surface area contributed by atoms with Gasteiger partial charge in [-0.2, -0.15) is 0 Å². The number of carbonyl (C=O) groups excluding carboxylic acids is 1. The monoisotopic (exact) mass is 341 g/mol. The molecule has 1 amide bonds. The van der Waals surface area contributed by atoms with Gasteiger partial charge in [-0.05, 0) is 55.7 Å². The van der Waals surface area contributed by atoms with Crippen molar-refractivity contribution in [1.29, 1.82) is 0 Å². The van der Waals surface area contributed by atoms with Crippen molar-refractivity contribution in [1.82, 2.24) is 9.38 Å². The van der Waals surface area contributed by atoms with E-state index < -0.39 is 0 Å². The summed E-state index contributed by atoms with van der Waals surface area (Å²) in [6.07, 6.45) is 3.59. The molecule has 0 atom stereocenters. The second-order valence-electron chi connectivity index (χ2n) is 6.00. The van der Waals surface area contributed by atoms with Gasteiger partial charge in [-0.3, -0.25) is 9.20 Å². The minimum Gasteiger partial charge on any atom is -0.320 e. The minimum absolute atomic E-state index is 0.167. The predicted molar refractivity (Wildman–Crippen MR) is 98.1 cm³/mol. The number of carbonyl (C=O) groups is 1. The fraction of sp³-hybridized carbons (Fsp3) is 0.263. The molecular formula is C19H20ClN3O. The second-order valence-corrected chi connectivity index (χ2v) is 6.44. The van der Waals surface area contributed by atoms with E-state index in [9.17, 15) is 4.79 Å². The SMILES string of the molecule is CCCc1nc2cc(C)ccn2c1C(=O)Nc1cc(Cl)ccc1C. The maximum absolute atomic E-state index is 12.9. The number of benzene rings is 1. The normalized spacial score (nSPS) is 11.0. The van der Waals surface area contributed by atoms with Gasteiger partial charge in [-0.25, -0.2) is 4.98 Å². The Morgan fingerprint density at radius 2 is 2.04 bits per heavy atom. The number of hydrogen-bond acceptors (Lipinski definition) is 2. The second kappa shape index (κ2) is 6.65. The third-order valence-electron chi connectivity index (χ3n) is 4.00. The van der Waals surface area contributed by atoms with Crippen LogP contribution in [0.25, 0.3) is 5.65 Å². The number of halogens is 1. The molecule has 124 valence electrons. The summed E-state index contributed by atoms with van der Waals surface area (Å²) < 4.78 is 1.85. The minimum atomic E-state index is -0.167. The van der Waals surface area contributed by atoms with E-state index in [1.165, 1.54) is 0 Å². The van der Waals surface area contributed by atoms with Crippen molar-refractivity contribution in [2.24, 2.45) is 0 Å². The van der Waals surface area contributed by atoms with Gasteiger partial charge in [-0.1, -0.05) is 31.0 Å². The van der Waals surface area contributed by atoms with Crippen LogP contribution in [0.5, 0.6) is 0 Å². The van der Waals surface area contributed by atoms with Crippen molar-refractivity contribution in [3.8, 4) is 0 Å². The summed E-state index contributed by atoms with van der Waals surface area (Å²) in [5.41, 5.74) is 5.01. The molecule has 2 aromatic heterocycles. The number of amides is 1. The van der Waals surface area contributed by atoms with E-state index >= 15 is 0 Å². The third-order valence-corrected chi connectivity index (χ3v) is 4.24. The van der Waals surface area contributed by atoms with Gasteiger partial charge in [0.1, 0.15) is 11.3 Å². The average Bonchev–Trinajstić information content (AvgIpc) is 2.88. The van der Waals surface area contributed by atoms with Crippen LogP contribution in [0.1, 0.15) is 40.7 Å². The Morgan fingerprint density at radius 3 is 2.79 bits per heavy atom. The topological polar surface area (TPSA) is 46.4 Å². The van der Waals surface area contributed by atoms with Crippen molar-refractivity contribution in [2.45, 2.75) is 33.6 Å². The summed E-state index contributed by atoms with van der Waals surface area (Å²) in [5.74, 6) is -0.167. The van der Waals surface area contributed by atoms with Crippen LogP contribution in [0.2, 0.25) is 5.02 Å². The number of nitrogens with one attached hydrogen (secondary N) is 1. The zero-order valence-electron chi connectivity index (χ0n) is 14.1. The van der Waals surface area contributed by atoms with E-state index in [2.05, 4.69) is 17.2 Å². The summed E-state index contributed by atoms with van der Waals surface area (Å²) in [7, 11) is 0. The van der Waals surface area contributed by atoms with E-state index in [1.54, 1.807) is 6.07 Å². The van der Waals surface area contributed by atoms with E-state index in [0.717, 1.165) is 41.0 Å². The zero-order chi connectivity index (χ0) is 17.3. The molecule has 5 heteroatoms. The molecule has 0 fully saturated rings. The molecule has 3 rings (SSSR count). The van der Waals surface area contributed by atoms with Crippen LogP contribution in [0.4, 0.5) is 5.69 Å². The van der Waals surface area contributed by atoms with Gasteiger partial charge >= 0.3 is 0 Å². The first kappa shape index (κ1) is 16.5. The average molecular weight is 342 g/mol. The first-order chi connectivity index (χ1) is 11.5. The maximum atomic E-state index is 12.9. The van der Waals surface area contributed by atoms with Crippen LogP contribution in [-0.4, -0.2) is 15.3 Å². The van der Waals surface area contributed by atoms with Crippen molar-refractivity contribution < 1.29 is 4.79 Å². The van der Waals surface area contributed by atoms with Crippen molar-refractivity contribution >= 4 is 28.8 Å². The Kier molecular flexibility index (Phi) is 4.58. The molecule has 2 heterocycles. The van der Waals surface area contributed by atoms with Crippen LogP contribution in [0.15, 0.2) is 36.5 Å². The number of nitrogens with zero attached hydrogens (tertiary/aromatic N) is 2. The van der Waals surface area contributed by atoms with Crippen LogP contribution in [-0.2, 0) is 6.42 Å². The smallest absolute Gasteiger partial charge is 0.274 e. The lowest BCUT2D eigenvalue weighted by Gasteiger charge is -2.10. The Bertz CT molecular complexity index is 914. The Morgan fingerprint density at radius 1 is 1.25 bits per heavy atom. The van der Waals surface area contributed by atoms with Gasteiger partial charge < -0.3 is 5.32 Å². The molecule has 0 radical (unpaired) electrons. The molecule has 0 aliphatic heterocycles. The van der Waals surface area contributed by atoms with Gasteiger partial charge in [0, 0.05) is 16.9 Å². The van der Waals surface area contributed by atoms with Crippen LogP contribution in [0, 0.1) is 13.8 Å². The summed E-state index contributed by atoms with van der Waals surface area (Å²) >= 11 is 6.05. The summed E-state index contributed by atoms with van der Waals surface area (Å²) in [4.78, 5) is 17.6. The van der Waals surface area contributed by atoms with E-state index in [4.69, 9.17) is 11.6 Å². The number of anilines is 1. The van der Waals surface area contributed by atoms with Crippen molar-refractivity contribution in [3.63, 3.8) is 0 Å². The molecule has 0 unspecified atom stereocenters. The largest absolute Gasteiger partial charge is 0.320 e. The first-order valence-electron chi connectivity index (χ1n) is 8.04. The molecule has 3 aromatic rings. The maximum Gasteiger partial charge on any atom is 0.274 e. The quantitative estimate of drug-likeness (QED) is 0.740. The number of aryl methyl sites for hydroxylation is 3. The van der Waals surface area contributed by atoms with Crippen molar-refractivity contribution in [3.05, 3.63) is 64.1 Å². The highest BCUT2D eigenvalue weighted by atomic mass is 35.5. The van der Waals surface area contributed by atoms with Gasteiger partial charge in [0.05, 0.1) is 5.69 Å². The molecule has 0 bridgehead atoms. The number of aromatic nitrogens is 2. The van der Waals surface area contributed by atoms with Crippen LogP contribution >= 0.6 is 11.6 Å². The molecule has 0 saturated carbocycles. The number of fused-ring (bicyclic) bond motifs is 1. The molecule has 4 nitrogen and oxygen atoms in total. The van der Waals surface area contributed by atoms with Crippen LogP contribution in [0.3, 0.4) is 0 Å².